The minimum Gasteiger partial charge on any atom is -0.324 e. The van der Waals surface area contributed by atoms with E-state index in [0.29, 0.717) is 5.56 Å². The molecule has 2 N–H and O–H groups in total. The molecule has 0 spiro atoms. The van der Waals surface area contributed by atoms with Gasteiger partial charge in [0, 0.05) is 6.04 Å². The summed E-state index contributed by atoms with van der Waals surface area (Å²) < 4.78 is 36.6. The van der Waals surface area contributed by atoms with Crippen molar-refractivity contribution in [3.05, 3.63) is 35.4 Å². The first kappa shape index (κ1) is 13.3. The fraction of sp³-hybridized carbons (Fsp3) is 0.333. The number of halogens is 4. The highest BCUT2D eigenvalue weighted by Gasteiger charge is 2.30. The lowest BCUT2D eigenvalue weighted by Gasteiger charge is -2.10. The Labute approximate surface area is 86.5 Å². The monoisotopic (exact) mass is 225 g/mol. The van der Waals surface area contributed by atoms with E-state index in [1.807, 2.05) is 0 Å². The lowest BCUT2D eigenvalue weighted by Crippen LogP contribution is -2.09. The van der Waals surface area contributed by atoms with Crippen LogP contribution in [-0.2, 0) is 6.18 Å². The van der Waals surface area contributed by atoms with Gasteiger partial charge in [-0.15, -0.1) is 12.4 Å². The van der Waals surface area contributed by atoms with Gasteiger partial charge >= 0.3 is 6.18 Å². The summed E-state index contributed by atoms with van der Waals surface area (Å²) in [5.74, 6) is 0. The van der Waals surface area contributed by atoms with Gasteiger partial charge in [-0.05, 0) is 24.6 Å². The topological polar surface area (TPSA) is 26.0 Å². The van der Waals surface area contributed by atoms with E-state index in [2.05, 4.69) is 0 Å². The van der Waals surface area contributed by atoms with Crippen LogP contribution in [-0.4, -0.2) is 0 Å². The number of hydrogen-bond donors (Lipinski definition) is 1. The van der Waals surface area contributed by atoms with Gasteiger partial charge in [-0.1, -0.05) is 12.1 Å². The molecule has 0 saturated carbocycles. The molecule has 0 radical (unpaired) electrons. The molecule has 5 heteroatoms. The van der Waals surface area contributed by atoms with Crippen LogP contribution in [0.4, 0.5) is 13.2 Å². The Balaban J connectivity index is 0.00000169. The lowest BCUT2D eigenvalue weighted by molar-refractivity contribution is -0.137. The highest BCUT2D eigenvalue weighted by molar-refractivity contribution is 5.85. The summed E-state index contributed by atoms with van der Waals surface area (Å²) in [6.07, 6.45) is -4.29. The fourth-order valence-corrected chi connectivity index (χ4v) is 0.998. The summed E-state index contributed by atoms with van der Waals surface area (Å²) in [5.41, 5.74) is 5.30. The van der Waals surface area contributed by atoms with Crippen molar-refractivity contribution in [2.24, 2.45) is 5.73 Å². The molecule has 1 rings (SSSR count). The average Bonchev–Trinajstić information content (AvgIpc) is 2.03. The first-order valence-electron chi connectivity index (χ1n) is 3.84. The van der Waals surface area contributed by atoms with Crippen LogP contribution in [0, 0.1) is 0 Å². The molecule has 0 heterocycles. The lowest BCUT2D eigenvalue weighted by atomic mass is 10.1. The molecule has 0 aliphatic carbocycles. The largest absolute Gasteiger partial charge is 0.416 e. The van der Waals surface area contributed by atoms with Crippen LogP contribution in [0.1, 0.15) is 24.1 Å². The van der Waals surface area contributed by atoms with Crippen LogP contribution in [0.15, 0.2) is 24.3 Å². The van der Waals surface area contributed by atoms with Crippen LogP contribution in [0.25, 0.3) is 0 Å². The Morgan fingerprint density at radius 3 is 2.29 bits per heavy atom. The molecular weight excluding hydrogens is 215 g/mol. The first-order chi connectivity index (χ1) is 5.91. The van der Waals surface area contributed by atoms with Gasteiger partial charge in [0.05, 0.1) is 5.56 Å². The van der Waals surface area contributed by atoms with Crippen molar-refractivity contribution in [3.8, 4) is 0 Å². The molecule has 0 unspecified atom stereocenters. The Kier molecular flexibility index (Phi) is 4.42. The van der Waals surface area contributed by atoms with E-state index >= 15 is 0 Å². The Morgan fingerprint density at radius 2 is 1.86 bits per heavy atom. The molecule has 1 nitrogen and oxygen atoms in total. The number of benzene rings is 1. The van der Waals surface area contributed by atoms with Gasteiger partial charge in [-0.2, -0.15) is 13.2 Å². The molecule has 0 aliphatic rings. The van der Waals surface area contributed by atoms with E-state index in [4.69, 9.17) is 5.73 Å². The van der Waals surface area contributed by atoms with E-state index < -0.39 is 11.7 Å². The van der Waals surface area contributed by atoms with E-state index in [1.54, 1.807) is 13.0 Å². The van der Waals surface area contributed by atoms with Crippen LogP contribution in [0.5, 0.6) is 0 Å². The molecule has 0 aromatic heterocycles. The summed E-state index contributed by atoms with van der Waals surface area (Å²) in [6.45, 7) is 1.65. The van der Waals surface area contributed by atoms with Crippen LogP contribution >= 0.6 is 12.4 Å². The summed E-state index contributed by atoms with van der Waals surface area (Å²) in [6, 6.07) is 4.68. The van der Waals surface area contributed by atoms with Gasteiger partial charge < -0.3 is 5.73 Å². The zero-order valence-electron chi connectivity index (χ0n) is 7.51. The molecule has 0 amide bonds. The Bertz CT molecular complexity index is 296. The molecule has 14 heavy (non-hydrogen) atoms. The minimum absolute atomic E-state index is 0. The molecule has 0 aliphatic heterocycles. The average molecular weight is 226 g/mol. The highest BCUT2D eigenvalue weighted by Crippen LogP contribution is 2.30. The predicted molar refractivity (Wildman–Crippen MR) is 51.3 cm³/mol. The van der Waals surface area contributed by atoms with Gasteiger partial charge in [-0.25, -0.2) is 0 Å². The van der Waals surface area contributed by atoms with Gasteiger partial charge in [0.1, 0.15) is 0 Å². The molecule has 0 saturated heterocycles. The third kappa shape index (κ3) is 3.20. The number of rotatable bonds is 1. The Hall–Kier alpha value is -0.740. The molecule has 1 aromatic rings. The van der Waals surface area contributed by atoms with Crippen molar-refractivity contribution < 1.29 is 13.2 Å². The number of hydrogen-bond acceptors (Lipinski definition) is 1. The van der Waals surface area contributed by atoms with Crippen molar-refractivity contribution >= 4 is 12.4 Å². The van der Waals surface area contributed by atoms with E-state index in [-0.39, 0.29) is 18.4 Å². The minimum atomic E-state index is -4.29. The standard InChI is InChI=1S/C9H10F3N.ClH/c1-6(13)7-3-2-4-8(5-7)9(10,11)12;/h2-6H,13H2,1H3;1H/t6-;/m0./s1. The zero-order valence-corrected chi connectivity index (χ0v) is 8.32. The van der Waals surface area contributed by atoms with Crippen molar-refractivity contribution in [2.75, 3.05) is 0 Å². The third-order valence-electron chi connectivity index (χ3n) is 1.74. The van der Waals surface area contributed by atoms with E-state index in [0.717, 1.165) is 12.1 Å². The van der Waals surface area contributed by atoms with Crippen LogP contribution < -0.4 is 5.73 Å². The molecule has 1 atom stereocenters. The maximum Gasteiger partial charge on any atom is 0.416 e. The van der Waals surface area contributed by atoms with Crippen molar-refractivity contribution in [2.45, 2.75) is 19.1 Å². The van der Waals surface area contributed by atoms with Crippen molar-refractivity contribution in [1.82, 2.24) is 0 Å². The fourth-order valence-electron chi connectivity index (χ4n) is 0.998. The van der Waals surface area contributed by atoms with Gasteiger partial charge in [0.2, 0.25) is 0 Å². The molecular formula is C9H11ClF3N. The molecule has 80 valence electrons. The van der Waals surface area contributed by atoms with E-state index in [1.165, 1.54) is 6.07 Å². The summed E-state index contributed by atoms with van der Waals surface area (Å²) in [5, 5.41) is 0. The molecule has 0 bridgehead atoms. The third-order valence-corrected chi connectivity index (χ3v) is 1.74. The van der Waals surface area contributed by atoms with Crippen molar-refractivity contribution in [1.29, 1.82) is 0 Å². The van der Waals surface area contributed by atoms with Crippen molar-refractivity contribution in [3.63, 3.8) is 0 Å². The SMILES string of the molecule is C[C@H](N)c1cccc(C(F)(F)F)c1.Cl. The van der Waals surface area contributed by atoms with Gasteiger partial charge in [0.15, 0.2) is 0 Å². The number of nitrogens with two attached hydrogens (primary N) is 1. The molecule has 0 fully saturated rings. The Morgan fingerprint density at radius 1 is 1.29 bits per heavy atom. The van der Waals surface area contributed by atoms with E-state index in [9.17, 15) is 13.2 Å². The van der Waals surface area contributed by atoms with Gasteiger partial charge in [-0.3, -0.25) is 0 Å². The second-order valence-electron chi connectivity index (χ2n) is 2.91. The van der Waals surface area contributed by atoms with Crippen LogP contribution in [0.3, 0.4) is 0 Å². The van der Waals surface area contributed by atoms with Crippen LogP contribution in [0.2, 0.25) is 0 Å². The first-order valence-corrected chi connectivity index (χ1v) is 3.84. The quantitative estimate of drug-likeness (QED) is 0.781. The summed E-state index contributed by atoms with van der Waals surface area (Å²) >= 11 is 0. The maximum absolute atomic E-state index is 12.2. The second kappa shape index (κ2) is 4.66. The highest BCUT2D eigenvalue weighted by atomic mass is 35.5. The smallest absolute Gasteiger partial charge is 0.324 e. The normalized spacial score (nSPS) is 13.2. The maximum atomic E-state index is 12.2. The summed E-state index contributed by atoms with van der Waals surface area (Å²) in [7, 11) is 0. The van der Waals surface area contributed by atoms with Gasteiger partial charge in [0.25, 0.3) is 0 Å². The summed E-state index contributed by atoms with van der Waals surface area (Å²) in [4.78, 5) is 0. The predicted octanol–water partition coefficient (Wildman–Crippen LogP) is 3.15. The number of alkyl halides is 3. The second-order valence-corrected chi connectivity index (χ2v) is 2.91. The zero-order chi connectivity index (χ0) is 10.1. The molecule has 1 aromatic carbocycles.